The van der Waals surface area contributed by atoms with Crippen LogP contribution < -0.4 is 0 Å². The lowest BCUT2D eigenvalue weighted by Crippen LogP contribution is -2.44. The Morgan fingerprint density at radius 3 is 2.62 bits per heavy atom. The molecular formula is C14H18ClN3O3. The van der Waals surface area contributed by atoms with E-state index in [9.17, 15) is 14.9 Å². The molecule has 0 N–H and O–H groups in total. The molecule has 0 atom stereocenters. The number of hydrogen-bond acceptors (Lipinski definition) is 4. The first kappa shape index (κ1) is 15.7. The minimum atomic E-state index is -0.525. The van der Waals surface area contributed by atoms with Gasteiger partial charge < -0.3 is 9.80 Å². The van der Waals surface area contributed by atoms with Gasteiger partial charge in [-0.15, -0.1) is 0 Å². The summed E-state index contributed by atoms with van der Waals surface area (Å²) >= 11 is 6.02. The Bertz CT molecular complexity index is 556. The van der Waals surface area contributed by atoms with E-state index in [1.807, 2.05) is 0 Å². The lowest BCUT2D eigenvalue weighted by molar-refractivity contribution is -0.384. The van der Waals surface area contributed by atoms with Crippen LogP contribution in [0, 0.1) is 10.1 Å². The van der Waals surface area contributed by atoms with Gasteiger partial charge in [0.05, 0.1) is 15.5 Å². The number of carbonyl (C=O) groups excluding carboxylic acids is 1. The Labute approximate surface area is 128 Å². The van der Waals surface area contributed by atoms with E-state index >= 15 is 0 Å². The zero-order valence-electron chi connectivity index (χ0n) is 12.1. The number of hydrogen-bond donors (Lipinski definition) is 0. The number of nitrogens with zero attached hydrogens (tertiary/aromatic N) is 3. The van der Waals surface area contributed by atoms with Crippen LogP contribution in [0.4, 0.5) is 5.69 Å². The Hall–Kier alpha value is -1.66. The number of rotatable bonds is 3. The van der Waals surface area contributed by atoms with Crippen molar-refractivity contribution in [3.05, 3.63) is 38.9 Å². The van der Waals surface area contributed by atoms with Crippen LogP contribution in [0.5, 0.6) is 0 Å². The number of carbonyl (C=O) groups is 1. The molecule has 0 unspecified atom stereocenters. The minimum Gasteiger partial charge on any atom is -0.339 e. The maximum absolute atomic E-state index is 12.5. The van der Waals surface area contributed by atoms with E-state index in [-0.39, 0.29) is 28.2 Å². The average molecular weight is 312 g/mol. The number of nitro groups is 1. The summed E-state index contributed by atoms with van der Waals surface area (Å²) in [6.07, 6.45) is 1.79. The van der Waals surface area contributed by atoms with Crippen LogP contribution in [0.2, 0.25) is 5.02 Å². The topological polar surface area (TPSA) is 66.7 Å². The van der Waals surface area contributed by atoms with Crippen molar-refractivity contribution in [2.24, 2.45) is 0 Å². The fraction of sp³-hybridized carbons (Fsp3) is 0.500. The SMILES string of the molecule is CN1CCC(N(C)C(=O)c2cc([N+](=O)[O-])ccc2Cl)CC1. The standard InChI is InChI=1S/C14H18ClN3O3/c1-16-7-5-10(6-8-16)17(2)14(19)12-9-11(18(20)21)3-4-13(12)15/h3-4,9-10H,5-8H2,1-2H3. The molecule has 1 saturated heterocycles. The van der Waals surface area contributed by atoms with E-state index in [1.54, 1.807) is 11.9 Å². The molecule has 2 rings (SSSR count). The van der Waals surface area contributed by atoms with Gasteiger partial charge in [0, 0.05) is 25.2 Å². The highest BCUT2D eigenvalue weighted by Gasteiger charge is 2.26. The molecule has 1 aliphatic heterocycles. The van der Waals surface area contributed by atoms with E-state index in [1.165, 1.54) is 18.2 Å². The fourth-order valence-corrected chi connectivity index (χ4v) is 2.73. The zero-order valence-corrected chi connectivity index (χ0v) is 12.8. The number of amides is 1. The molecule has 1 aromatic carbocycles. The number of halogens is 1. The van der Waals surface area contributed by atoms with Crippen molar-refractivity contribution in [1.29, 1.82) is 0 Å². The molecule has 1 aromatic rings. The Kier molecular flexibility index (Phi) is 4.80. The summed E-state index contributed by atoms with van der Waals surface area (Å²) in [5.74, 6) is -0.266. The Balaban J connectivity index is 2.19. The van der Waals surface area contributed by atoms with Crippen LogP contribution in [0.1, 0.15) is 23.2 Å². The van der Waals surface area contributed by atoms with Gasteiger partial charge in [-0.1, -0.05) is 11.6 Å². The van der Waals surface area contributed by atoms with Crippen molar-refractivity contribution in [3.8, 4) is 0 Å². The molecule has 0 spiro atoms. The van der Waals surface area contributed by atoms with Gasteiger partial charge in [0.1, 0.15) is 0 Å². The highest BCUT2D eigenvalue weighted by molar-refractivity contribution is 6.33. The molecule has 1 heterocycles. The smallest absolute Gasteiger partial charge is 0.270 e. The summed E-state index contributed by atoms with van der Waals surface area (Å²) in [6, 6.07) is 4.09. The lowest BCUT2D eigenvalue weighted by Gasteiger charge is -2.35. The van der Waals surface area contributed by atoms with Crippen molar-refractivity contribution in [3.63, 3.8) is 0 Å². The van der Waals surface area contributed by atoms with E-state index in [0.717, 1.165) is 25.9 Å². The molecule has 0 aliphatic carbocycles. The van der Waals surface area contributed by atoms with Gasteiger partial charge >= 0.3 is 0 Å². The van der Waals surface area contributed by atoms with Gasteiger partial charge in [-0.3, -0.25) is 14.9 Å². The van der Waals surface area contributed by atoms with Gasteiger partial charge in [0.15, 0.2) is 0 Å². The molecule has 1 amide bonds. The number of benzene rings is 1. The quantitative estimate of drug-likeness (QED) is 0.635. The predicted octanol–water partition coefficient (Wildman–Crippen LogP) is 2.41. The number of non-ortho nitro benzene ring substituents is 1. The van der Waals surface area contributed by atoms with Crippen LogP contribution in [0.25, 0.3) is 0 Å². The first-order valence-corrected chi connectivity index (χ1v) is 7.17. The summed E-state index contributed by atoms with van der Waals surface area (Å²) in [7, 11) is 3.78. The summed E-state index contributed by atoms with van der Waals surface area (Å²) in [4.78, 5) is 26.7. The third-order valence-electron chi connectivity index (χ3n) is 3.95. The van der Waals surface area contributed by atoms with Gasteiger partial charge in [-0.05, 0) is 39.0 Å². The summed E-state index contributed by atoms with van der Waals surface area (Å²) in [5, 5.41) is 11.1. The van der Waals surface area contributed by atoms with Crippen LogP contribution >= 0.6 is 11.6 Å². The van der Waals surface area contributed by atoms with Gasteiger partial charge in [0.25, 0.3) is 11.6 Å². The van der Waals surface area contributed by atoms with Crippen molar-refractivity contribution in [2.45, 2.75) is 18.9 Å². The molecule has 21 heavy (non-hydrogen) atoms. The largest absolute Gasteiger partial charge is 0.339 e. The van der Waals surface area contributed by atoms with Gasteiger partial charge in [0.2, 0.25) is 0 Å². The van der Waals surface area contributed by atoms with E-state index < -0.39 is 4.92 Å². The predicted molar refractivity (Wildman–Crippen MR) is 80.7 cm³/mol. The molecule has 0 aromatic heterocycles. The van der Waals surface area contributed by atoms with Crippen molar-refractivity contribution < 1.29 is 9.72 Å². The van der Waals surface area contributed by atoms with E-state index in [0.29, 0.717) is 0 Å². The van der Waals surface area contributed by atoms with Crippen LogP contribution in [-0.4, -0.2) is 53.9 Å². The molecule has 1 aliphatic rings. The molecule has 1 fully saturated rings. The van der Waals surface area contributed by atoms with Crippen LogP contribution in [-0.2, 0) is 0 Å². The van der Waals surface area contributed by atoms with Gasteiger partial charge in [-0.25, -0.2) is 0 Å². The lowest BCUT2D eigenvalue weighted by atomic mass is 10.0. The maximum atomic E-state index is 12.5. The second kappa shape index (κ2) is 6.41. The molecule has 114 valence electrons. The van der Waals surface area contributed by atoms with E-state index in [4.69, 9.17) is 11.6 Å². The number of nitro benzene ring substituents is 1. The van der Waals surface area contributed by atoms with Crippen molar-refractivity contribution in [2.75, 3.05) is 27.2 Å². The van der Waals surface area contributed by atoms with Crippen molar-refractivity contribution >= 4 is 23.2 Å². The van der Waals surface area contributed by atoms with Gasteiger partial charge in [-0.2, -0.15) is 0 Å². The number of likely N-dealkylation sites (tertiary alicyclic amines) is 1. The third kappa shape index (κ3) is 3.51. The second-order valence-electron chi connectivity index (χ2n) is 5.37. The van der Waals surface area contributed by atoms with E-state index in [2.05, 4.69) is 11.9 Å². The summed E-state index contributed by atoms with van der Waals surface area (Å²) in [6.45, 7) is 1.87. The van der Waals surface area contributed by atoms with Crippen LogP contribution in [0.15, 0.2) is 18.2 Å². The highest BCUT2D eigenvalue weighted by atomic mass is 35.5. The molecule has 0 radical (unpaired) electrons. The molecule has 6 nitrogen and oxygen atoms in total. The Morgan fingerprint density at radius 2 is 2.05 bits per heavy atom. The first-order chi connectivity index (χ1) is 9.90. The maximum Gasteiger partial charge on any atom is 0.270 e. The number of piperidine rings is 1. The Morgan fingerprint density at radius 1 is 1.43 bits per heavy atom. The van der Waals surface area contributed by atoms with Crippen LogP contribution in [0.3, 0.4) is 0 Å². The second-order valence-corrected chi connectivity index (χ2v) is 5.78. The molecule has 0 bridgehead atoms. The fourth-order valence-electron chi connectivity index (χ4n) is 2.53. The summed E-state index contributed by atoms with van der Waals surface area (Å²) < 4.78 is 0. The third-order valence-corrected chi connectivity index (χ3v) is 4.28. The monoisotopic (exact) mass is 311 g/mol. The average Bonchev–Trinajstić information content (AvgIpc) is 2.47. The van der Waals surface area contributed by atoms with Crippen molar-refractivity contribution in [1.82, 2.24) is 9.80 Å². The summed E-state index contributed by atoms with van der Waals surface area (Å²) in [5.41, 5.74) is 0.0619. The normalized spacial score (nSPS) is 16.7. The zero-order chi connectivity index (χ0) is 15.6. The molecule has 7 heteroatoms. The highest BCUT2D eigenvalue weighted by Crippen LogP contribution is 2.25. The minimum absolute atomic E-state index is 0.125. The molecule has 0 saturated carbocycles. The molecular weight excluding hydrogens is 294 g/mol. The first-order valence-electron chi connectivity index (χ1n) is 6.80.